The molecule has 5 heterocycles. The third-order valence-corrected chi connectivity index (χ3v) is 7.65. The lowest BCUT2D eigenvalue weighted by Crippen LogP contribution is -2.51. The van der Waals surface area contributed by atoms with Gasteiger partial charge in [-0.25, -0.2) is 4.52 Å². The van der Waals surface area contributed by atoms with E-state index in [0.717, 1.165) is 43.9 Å². The highest BCUT2D eigenvalue weighted by atomic mass is 16.5. The normalized spacial score (nSPS) is 27.1. The predicted octanol–water partition coefficient (Wildman–Crippen LogP) is 2.13. The lowest BCUT2D eigenvalue weighted by atomic mass is 10.0. The highest BCUT2D eigenvalue weighted by molar-refractivity contribution is 5.74. The molecule has 0 aliphatic carbocycles. The van der Waals surface area contributed by atoms with Gasteiger partial charge in [-0.15, -0.1) is 0 Å². The van der Waals surface area contributed by atoms with E-state index in [4.69, 9.17) is 10.5 Å². The van der Waals surface area contributed by atoms with Crippen LogP contribution in [0.1, 0.15) is 29.8 Å². The second-order valence-electron chi connectivity index (χ2n) is 9.51. The number of hydrogen-bond acceptors (Lipinski definition) is 7. The number of ether oxygens (including phenoxy) is 1. The van der Waals surface area contributed by atoms with E-state index >= 15 is 0 Å². The highest BCUT2D eigenvalue weighted by Crippen LogP contribution is 2.42. The van der Waals surface area contributed by atoms with Gasteiger partial charge in [-0.05, 0) is 48.4 Å². The summed E-state index contributed by atoms with van der Waals surface area (Å²) in [6.07, 6.45) is 1.86. The minimum atomic E-state index is 0.0518. The van der Waals surface area contributed by atoms with Crippen LogP contribution < -0.4 is 15.5 Å². The first kappa shape index (κ1) is 20.5. The van der Waals surface area contributed by atoms with Crippen LogP contribution in [-0.2, 0) is 11.3 Å². The van der Waals surface area contributed by atoms with Crippen LogP contribution in [0.25, 0.3) is 5.52 Å². The van der Waals surface area contributed by atoms with E-state index in [9.17, 15) is 5.26 Å². The molecule has 4 atom stereocenters. The fourth-order valence-corrected chi connectivity index (χ4v) is 5.92. The molecule has 0 amide bonds. The first-order valence-corrected chi connectivity index (χ1v) is 11.6. The van der Waals surface area contributed by atoms with Crippen LogP contribution in [-0.4, -0.2) is 66.0 Å². The van der Waals surface area contributed by atoms with Gasteiger partial charge in [0.05, 0.1) is 35.6 Å². The highest BCUT2D eigenvalue weighted by Gasteiger charge is 2.40. The molecule has 2 aromatic heterocycles. The summed E-state index contributed by atoms with van der Waals surface area (Å²) in [6, 6.07) is 15.9. The Balaban J connectivity index is 1.29. The summed E-state index contributed by atoms with van der Waals surface area (Å²) < 4.78 is 7.29. The Morgan fingerprint density at radius 2 is 1.97 bits per heavy atom. The first-order chi connectivity index (χ1) is 16.1. The van der Waals surface area contributed by atoms with Crippen LogP contribution in [0.15, 0.2) is 42.6 Å². The van der Waals surface area contributed by atoms with E-state index in [1.165, 1.54) is 16.8 Å². The minimum absolute atomic E-state index is 0.0518. The van der Waals surface area contributed by atoms with Crippen molar-refractivity contribution in [2.75, 3.05) is 43.1 Å². The monoisotopic (exact) mass is 443 g/mol. The minimum Gasteiger partial charge on any atom is -0.378 e. The number of nitrogens with two attached hydrogens (primary N) is 1. The molecule has 0 spiro atoms. The maximum Gasteiger partial charge on any atom is 0.142 e. The summed E-state index contributed by atoms with van der Waals surface area (Å²) >= 11 is 0. The molecule has 8 heteroatoms. The zero-order chi connectivity index (χ0) is 22.7. The maximum atomic E-state index is 9.43. The van der Waals surface area contributed by atoms with E-state index in [1.54, 1.807) is 17.8 Å². The van der Waals surface area contributed by atoms with E-state index in [2.05, 4.69) is 57.1 Å². The topological polar surface area (TPSA) is 86.1 Å². The van der Waals surface area contributed by atoms with Crippen LogP contribution in [0, 0.1) is 11.3 Å². The van der Waals surface area contributed by atoms with Crippen molar-refractivity contribution in [3.8, 4) is 6.07 Å². The number of rotatable bonds is 3. The second kappa shape index (κ2) is 7.73. The van der Waals surface area contributed by atoms with Gasteiger partial charge in [0.1, 0.15) is 11.8 Å². The summed E-state index contributed by atoms with van der Waals surface area (Å²) in [7, 11) is 1.74. The number of nitrogens with zero attached hydrogens (tertiary/aromatic N) is 6. The van der Waals surface area contributed by atoms with Gasteiger partial charge in [-0.3, -0.25) is 4.90 Å². The fourth-order valence-electron chi connectivity index (χ4n) is 5.92. The number of pyridine rings is 1. The average molecular weight is 444 g/mol. The van der Waals surface area contributed by atoms with Crippen molar-refractivity contribution in [2.24, 2.45) is 5.73 Å². The second-order valence-corrected chi connectivity index (χ2v) is 9.51. The van der Waals surface area contributed by atoms with Gasteiger partial charge in [0.25, 0.3) is 0 Å². The number of piperazine rings is 1. The molecule has 0 unspecified atom stereocenters. The molecule has 3 aliphatic rings. The molecule has 8 nitrogen and oxygen atoms in total. The largest absolute Gasteiger partial charge is 0.378 e. The van der Waals surface area contributed by atoms with Crippen LogP contribution in [0.2, 0.25) is 0 Å². The van der Waals surface area contributed by atoms with Crippen molar-refractivity contribution < 1.29 is 4.74 Å². The summed E-state index contributed by atoms with van der Waals surface area (Å²) in [5, 5.41) is 13.8. The van der Waals surface area contributed by atoms with E-state index in [-0.39, 0.29) is 12.1 Å². The maximum absolute atomic E-state index is 9.43. The van der Waals surface area contributed by atoms with Gasteiger partial charge in [-0.1, -0.05) is 6.07 Å². The number of anilines is 2. The van der Waals surface area contributed by atoms with Crippen molar-refractivity contribution in [2.45, 2.75) is 37.7 Å². The predicted molar refractivity (Wildman–Crippen MR) is 127 cm³/mol. The van der Waals surface area contributed by atoms with Crippen LogP contribution >= 0.6 is 0 Å². The Hall–Kier alpha value is -3.12. The van der Waals surface area contributed by atoms with Crippen molar-refractivity contribution in [3.05, 3.63) is 59.4 Å². The van der Waals surface area contributed by atoms with Gasteiger partial charge >= 0.3 is 0 Å². The van der Waals surface area contributed by atoms with Gasteiger partial charge < -0.3 is 20.3 Å². The van der Waals surface area contributed by atoms with Crippen molar-refractivity contribution in [3.63, 3.8) is 0 Å². The van der Waals surface area contributed by atoms with Crippen LogP contribution in [0.3, 0.4) is 0 Å². The van der Waals surface area contributed by atoms with E-state index < -0.39 is 0 Å². The molecule has 0 saturated carbocycles. The average Bonchev–Trinajstić information content (AvgIpc) is 3.54. The first-order valence-electron chi connectivity index (χ1n) is 11.6. The molecular weight excluding hydrogens is 414 g/mol. The lowest BCUT2D eigenvalue weighted by molar-refractivity contribution is 0.108. The SMILES string of the molecule is CO[C@@H]1CN(c2ccc3c(c2)CN2[C@H](C)CN(c4ccc(C#N)n5nccc45)C[C@H]32)C[C@H]1N. The van der Waals surface area contributed by atoms with Crippen molar-refractivity contribution in [1.82, 2.24) is 14.5 Å². The van der Waals surface area contributed by atoms with E-state index in [0.29, 0.717) is 17.8 Å². The fraction of sp³-hybridized carbons (Fsp3) is 0.440. The Kier molecular flexibility index (Phi) is 4.80. The number of fused-ring (bicyclic) bond motifs is 4. The third kappa shape index (κ3) is 3.19. The van der Waals surface area contributed by atoms with Crippen LogP contribution in [0.5, 0.6) is 0 Å². The quantitative estimate of drug-likeness (QED) is 0.664. The molecule has 2 N–H and O–H groups in total. The molecule has 3 aromatic rings. The molecule has 170 valence electrons. The molecule has 0 bridgehead atoms. The Morgan fingerprint density at radius 1 is 1.09 bits per heavy atom. The van der Waals surface area contributed by atoms with Crippen LogP contribution in [0.4, 0.5) is 11.4 Å². The number of aromatic nitrogens is 2. The standard InChI is InChI=1S/C25H29N7O/c1-16-11-30(22-6-4-19(10-26)32-23(22)7-8-28-32)14-24-20-5-3-18(9-17(20)12-31(16)24)29-13-21(27)25(15-29)33-2/h3-9,16,21,24-25H,11-15,27H2,1-2H3/t16-,21-,24-,25-/m1/s1. The third-order valence-electron chi connectivity index (χ3n) is 7.65. The summed E-state index contributed by atoms with van der Waals surface area (Å²) in [6.45, 7) is 6.82. The van der Waals surface area contributed by atoms with Gasteiger partial charge in [0.2, 0.25) is 0 Å². The van der Waals surface area contributed by atoms with Crippen molar-refractivity contribution in [1.29, 1.82) is 5.26 Å². The Bertz CT molecular complexity index is 1250. The molecule has 1 aromatic carbocycles. The van der Waals surface area contributed by atoms with Gasteiger partial charge in [0.15, 0.2) is 0 Å². The number of benzene rings is 1. The van der Waals surface area contributed by atoms with Gasteiger partial charge in [-0.2, -0.15) is 10.4 Å². The summed E-state index contributed by atoms with van der Waals surface area (Å²) in [4.78, 5) is 7.42. The molecule has 2 saturated heterocycles. The Morgan fingerprint density at radius 3 is 2.76 bits per heavy atom. The molecule has 2 fully saturated rings. The number of methoxy groups -OCH3 is 1. The molecule has 3 aliphatic heterocycles. The van der Waals surface area contributed by atoms with Gasteiger partial charge in [0, 0.05) is 51.6 Å². The molecular formula is C25H29N7O. The lowest BCUT2D eigenvalue weighted by Gasteiger charge is -2.43. The Labute approximate surface area is 193 Å². The van der Waals surface area contributed by atoms with E-state index in [1.807, 2.05) is 12.1 Å². The number of hydrogen-bond donors (Lipinski definition) is 1. The molecule has 0 radical (unpaired) electrons. The zero-order valence-corrected chi connectivity index (χ0v) is 19.1. The van der Waals surface area contributed by atoms with Crippen molar-refractivity contribution >= 4 is 16.9 Å². The zero-order valence-electron chi connectivity index (χ0n) is 19.1. The number of nitriles is 1. The molecule has 33 heavy (non-hydrogen) atoms. The smallest absolute Gasteiger partial charge is 0.142 e. The summed E-state index contributed by atoms with van der Waals surface area (Å²) in [5.41, 5.74) is 13.0. The molecule has 6 rings (SSSR count). The summed E-state index contributed by atoms with van der Waals surface area (Å²) in [5.74, 6) is 0.